The van der Waals surface area contributed by atoms with Crippen LogP contribution in [0.2, 0.25) is 0 Å². The molecule has 0 radical (unpaired) electrons. The Morgan fingerprint density at radius 1 is 1.16 bits per heavy atom. The zero-order valence-electron chi connectivity index (χ0n) is 12.4. The molecule has 3 heteroatoms. The molecule has 0 saturated heterocycles. The Bertz CT molecular complexity index is 335. The third-order valence-corrected chi connectivity index (χ3v) is 3.14. The van der Waals surface area contributed by atoms with Crippen molar-refractivity contribution < 1.29 is 9.47 Å². The van der Waals surface area contributed by atoms with E-state index in [4.69, 9.17) is 15.2 Å². The molecule has 0 fully saturated rings. The van der Waals surface area contributed by atoms with Gasteiger partial charge < -0.3 is 15.2 Å². The van der Waals surface area contributed by atoms with Gasteiger partial charge in [-0.15, -0.1) is 0 Å². The molecular weight excluding hydrogens is 238 g/mol. The Morgan fingerprint density at radius 3 is 2.37 bits per heavy atom. The smallest absolute Gasteiger partial charge is 0.118 e. The molecule has 0 saturated carbocycles. The minimum atomic E-state index is 0.487. The fourth-order valence-corrected chi connectivity index (χ4v) is 1.97. The van der Waals surface area contributed by atoms with Crippen molar-refractivity contribution in [2.75, 3.05) is 26.9 Å². The molecule has 0 bridgehead atoms. The molecule has 2 N–H and O–H groups in total. The summed E-state index contributed by atoms with van der Waals surface area (Å²) in [6.45, 7) is 6.67. The van der Waals surface area contributed by atoms with E-state index in [9.17, 15) is 0 Å². The van der Waals surface area contributed by atoms with Crippen LogP contribution in [-0.2, 0) is 11.2 Å². The predicted molar refractivity (Wildman–Crippen MR) is 79.5 cm³/mol. The van der Waals surface area contributed by atoms with Crippen molar-refractivity contribution in [2.24, 2.45) is 17.6 Å². The number of ether oxygens (including phenoxy) is 2. The number of benzene rings is 1. The quantitative estimate of drug-likeness (QED) is 0.698. The second kappa shape index (κ2) is 8.94. The number of nitrogens with two attached hydrogens (primary N) is 1. The van der Waals surface area contributed by atoms with E-state index in [0.717, 1.165) is 31.8 Å². The van der Waals surface area contributed by atoms with Crippen LogP contribution < -0.4 is 10.5 Å². The van der Waals surface area contributed by atoms with Gasteiger partial charge in [-0.1, -0.05) is 26.0 Å². The van der Waals surface area contributed by atoms with E-state index in [2.05, 4.69) is 26.0 Å². The molecule has 1 aromatic carbocycles. The summed E-state index contributed by atoms with van der Waals surface area (Å²) in [5.74, 6) is 1.98. The third kappa shape index (κ3) is 6.60. The van der Waals surface area contributed by atoms with Gasteiger partial charge in [-0.3, -0.25) is 0 Å². The summed E-state index contributed by atoms with van der Waals surface area (Å²) in [4.78, 5) is 0. The second-order valence-corrected chi connectivity index (χ2v) is 5.41. The fourth-order valence-electron chi connectivity index (χ4n) is 1.97. The molecule has 0 aliphatic heterocycles. The van der Waals surface area contributed by atoms with E-state index in [1.165, 1.54) is 5.56 Å². The monoisotopic (exact) mass is 265 g/mol. The average Bonchev–Trinajstić information content (AvgIpc) is 2.42. The van der Waals surface area contributed by atoms with Crippen LogP contribution in [0.3, 0.4) is 0 Å². The molecular formula is C16H27NO2. The molecule has 0 heterocycles. The molecule has 1 rings (SSSR count). The number of methoxy groups -OCH3 is 1. The van der Waals surface area contributed by atoms with E-state index < -0.39 is 0 Å². The summed E-state index contributed by atoms with van der Waals surface area (Å²) in [6, 6.07) is 8.21. The lowest BCUT2D eigenvalue weighted by atomic mass is 9.96. The van der Waals surface area contributed by atoms with Crippen LogP contribution in [0.15, 0.2) is 24.3 Å². The summed E-state index contributed by atoms with van der Waals surface area (Å²) in [5, 5.41) is 0. The first-order valence-electron chi connectivity index (χ1n) is 7.06. The average molecular weight is 265 g/mol. The Hall–Kier alpha value is -1.06. The maximum Gasteiger partial charge on any atom is 0.118 e. The maximum absolute atomic E-state index is 5.84. The highest BCUT2D eigenvalue weighted by Crippen LogP contribution is 2.16. The van der Waals surface area contributed by atoms with Crippen LogP contribution in [0, 0.1) is 11.8 Å². The highest BCUT2D eigenvalue weighted by atomic mass is 16.5. The van der Waals surface area contributed by atoms with E-state index in [-0.39, 0.29) is 0 Å². The summed E-state index contributed by atoms with van der Waals surface area (Å²) >= 11 is 0. The molecule has 0 aromatic heterocycles. The normalized spacial score (nSPS) is 12.7. The van der Waals surface area contributed by atoms with E-state index >= 15 is 0 Å². The summed E-state index contributed by atoms with van der Waals surface area (Å²) < 4.78 is 10.8. The largest absolute Gasteiger partial charge is 0.497 e. The molecule has 1 atom stereocenters. The first kappa shape index (κ1) is 16.0. The first-order valence-corrected chi connectivity index (χ1v) is 7.06. The van der Waals surface area contributed by atoms with Crippen molar-refractivity contribution >= 4 is 0 Å². The van der Waals surface area contributed by atoms with Crippen molar-refractivity contribution in [3.63, 3.8) is 0 Å². The van der Waals surface area contributed by atoms with Gasteiger partial charge in [0.1, 0.15) is 5.75 Å². The highest BCUT2D eigenvalue weighted by Gasteiger charge is 2.08. The summed E-state index contributed by atoms with van der Waals surface area (Å²) in [7, 11) is 1.68. The van der Waals surface area contributed by atoms with Gasteiger partial charge in [0.15, 0.2) is 0 Å². The fraction of sp³-hybridized carbons (Fsp3) is 0.625. The van der Waals surface area contributed by atoms with Crippen LogP contribution in [0.25, 0.3) is 0 Å². The first-order chi connectivity index (χ1) is 9.15. The molecule has 108 valence electrons. The maximum atomic E-state index is 5.84. The molecule has 0 spiro atoms. The molecule has 0 aliphatic rings. The Kier molecular flexibility index (Phi) is 7.53. The predicted octanol–water partition coefficient (Wildman–Crippen LogP) is 2.88. The molecule has 0 aliphatic carbocycles. The van der Waals surface area contributed by atoms with Gasteiger partial charge in [0.05, 0.1) is 7.11 Å². The number of rotatable bonds is 9. The van der Waals surface area contributed by atoms with Gasteiger partial charge >= 0.3 is 0 Å². The Balaban J connectivity index is 2.34. The van der Waals surface area contributed by atoms with Gasteiger partial charge in [-0.2, -0.15) is 0 Å². The zero-order valence-corrected chi connectivity index (χ0v) is 12.4. The summed E-state index contributed by atoms with van der Waals surface area (Å²) in [6.07, 6.45) is 2.03. The van der Waals surface area contributed by atoms with Crippen LogP contribution in [0.1, 0.15) is 25.8 Å². The van der Waals surface area contributed by atoms with Crippen LogP contribution in [-0.4, -0.2) is 26.9 Å². The van der Waals surface area contributed by atoms with Crippen molar-refractivity contribution in [3.8, 4) is 5.75 Å². The van der Waals surface area contributed by atoms with Crippen molar-refractivity contribution in [1.29, 1.82) is 0 Å². The van der Waals surface area contributed by atoms with Crippen LogP contribution in [0.5, 0.6) is 5.75 Å². The van der Waals surface area contributed by atoms with Gasteiger partial charge in [0.25, 0.3) is 0 Å². The molecule has 0 amide bonds. The van der Waals surface area contributed by atoms with E-state index in [1.54, 1.807) is 7.11 Å². The minimum Gasteiger partial charge on any atom is -0.497 e. The Morgan fingerprint density at radius 2 is 1.84 bits per heavy atom. The lowest BCUT2D eigenvalue weighted by Gasteiger charge is -2.15. The minimum absolute atomic E-state index is 0.487. The second-order valence-electron chi connectivity index (χ2n) is 5.41. The van der Waals surface area contributed by atoms with Crippen LogP contribution >= 0.6 is 0 Å². The van der Waals surface area contributed by atoms with Crippen molar-refractivity contribution in [2.45, 2.75) is 26.7 Å². The lowest BCUT2D eigenvalue weighted by Crippen LogP contribution is -2.19. The van der Waals surface area contributed by atoms with Crippen LogP contribution in [0.4, 0.5) is 0 Å². The molecule has 1 unspecified atom stereocenters. The molecule has 1 aromatic rings. The van der Waals surface area contributed by atoms with Crippen molar-refractivity contribution in [3.05, 3.63) is 29.8 Å². The topological polar surface area (TPSA) is 44.5 Å². The SMILES string of the molecule is COc1ccc(CC(CN)CCOCC(C)C)cc1. The summed E-state index contributed by atoms with van der Waals surface area (Å²) in [5.41, 5.74) is 7.14. The Labute approximate surface area is 117 Å². The zero-order chi connectivity index (χ0) is 14.1. The third-order valence-electron chi connectivity index (χ3n) is 3.14. The van der Waals surface area contributed by atoms with Gasteiger partial charge in [-0.25, -0.2) is 0 Å². The van der Waals surface area contributed by atoms with Crippen molar-refractivity contribution in [1.82, 2.24) is 0 Å². The highest BCUT2D eigenvalue weighted by molar-refractivity contribution is 5.27. The molecule has 3 nitrogen and oxygen atoms in total. The van der Waals surface area contributed by atoms with Gasteiger partial charge in [0.2, 0.25) is 0 Å². The number of hydrogen-bond acceptors (Lipinski definition) is 3. The van der Waals surface area contributed by atoms with Gasteiger partial charge in [-0.05, 0) is 48.9 Å². The van der Waals surface area contributed by atoms with E-state index in [0.29, 0.717) is 18.4 Å². The standard InChI is InChI=1S/C16H27NO2/c1-13(2)12-19-9-8-15(11-17)10-14-4-6-16(18-3)7-5-14/h4-7,13,15H,8-12,17H2,1-3H3. The van der Waals surface area contributed by atoms with E-state index in [1.807, 2.05) is 12.1 Å². The molecule has 19 heavy (non-hydrogen) atoms. The lowest BCUT2D eigenvalue weighted by molar-refractivity contribution is 0.0984. The number of hydrogen-bond donors (Lipinski definition) is 1. The van der Waals surface area contributed by atoms with Gasteiger partial charge in [0, 0.05) is 13.2 Å².